The van der Waals surface area contributed by atoms with Gasteiger partial charge in [-0.05, 0) is 36.1 Å². The third-order valence-electron chi connectivity index (χ3n) is 3.65. The van der Waals surface area contributed by atoms with E-state index in [0.29, 0.717) is 17.3 Å². The van der Waals surface area contributed by atoms with Crippen LogP contribution in [0.15, 0.2) is 18.2 Å². The summed E-state index contributed by atoms with van der Waals surface area (Å²) in [7, 11) is 0. The molecule has 3 unspecified atom stereocenters. The predicted molar refractivity (Wildman–Crippen MR) is 66.3 cm³/mol. The Morgan fingerprint density at radius 3 is 3.19 bits per heavy atom. The maximum Gasteiger partial charge on any atom is 0.123 e. The first-order valence-electron chi connectivity index (χ1n) is 5.94. The van der Waals surface area contributed by atoms with E-state index < -0.39 is 0 Å². The first-order valence-corrected chi connectivity index (χ1v) is 6.98. The lowest BCUT2D eigenvalue weighted by Gasteiger charge is -2.33. The van der Waals surface area contributed by atoms with Gasteiger partial charge in [0.05, 0.1) is 0 Å². The minimum atomic E-state index is -0.102. The molecule has 0 spiro atoms. The van der Waals surface area contributed by atoms with Gasteiger partial charge in [0.15, 0.2) is 0 Å². The Morgan fingerprint density at radius 1 is 1.50 bits per heavy atom. The maximum atomic E-state index is 13.2. The molecule has 1 aliphatic heterocycles. The molecule has 1 aliphatic carbocycles. The number of nitrogens with one attached hydrogen (secondary N) is 1. The van der Waals surface area contributed by atoms with E-state index in [1.54, 1.807) is 12.1 Å². The molecule has 0 aromatic heterocycles. The van der Waals surface area contributed by atoms with Crippen LogP contribution >= 0.6 is 11.8 Å². The second-order valence-electron chi connectivity index (χ2n) is 4.67. The number of rotatable bonds is 1. The highest BCUT2D eigenvalue weighted by molar-refractivity contribution is 8.00. The highest BCUT2D eigenvalue weighted by Gasteiger charge is 2.37. The molecule has 3 rings (SSSR count). The average Bonchev–Trinajstić information content (AvgIpc) is 2.65. The molecule has 1 nitrogen and oxygen atoms in total. The molecule has 1 fully saturated rings. The second-order valence-corrected chi connectivity index (χ2v) is 5.94. The van der Waals surface area contributed by atoms with Gasteiger partial charge in [-0.2, -0.15) is 11.8 Å². The van der Waals surface area contributed by atoms with Crippen LogP contribution in [-0.4, -0.2) is 17.0 Å². The molecule has 1 aromatic rings. The van der Waals surface area contributed by atoms with E-state index in [-0.39, 0.29) is 5.82 Å². The van der Waals surface area contributed by atoms with Crippen LogP contribution in [0.4, 0.5) is 4.39 Å². The molecular weight excluding hydrogens is 221 g/mol. The van der Waals surface area contributed by atoms with Crippen molar-refractivity contribution in [1.82, 2.24) is 5.32 Å². The van der Waals surface area contributed by atoms with Gasteiger partial charge in [0.25, 0.3) is 0 Å². The number of fused-ring (bicyclic) bond motifs is 3. The van der Waals surface area contributed by atoms with Crippen LogP contribution in [0.3, 0.4) is 0 Å². The zero-order valence-corrected chi connectivity index (χ0v) is 10.2. The first-order chi connectivity index (χ1) is 7.78. The monoisotopic (exact) mass is 237 g/mol. The smallest absolute Gasteiger partial charge is 0.123 e. The molecule has 0 radical (unpaired) electrons. The van der Waals surface area contributed by atoms with Crippen molar-refractivity contribution in [3.05, 3.63) is 35.1 Å². The summed E-state index contributed by atoms with van der Waals surface area (Å²) in [6, 6.07) is 6.31. The van der Waals surface area contributed by atoms with Gasteiger partial charge < -0.3 is 5.32 Å². The van der Waals surface area contributed by atoms with Gasteiger partial charge in [0.2, 0.25) is 0 Å². The lowest BCUT2D eigenvalue weighted by molar-refractivity contribution is 0.439. The van der Waals surface area contributed by atoms with Crippen LogP contribution in [-0.2, 0) is 6.42 Å². The van der Waals surface area contributed by atoms with Crippen LogP contribution in [0.25, 0.3) is 0 Å². The third-order valence-corrected chi connectivity index (χ3v) is 5.11. The predicted octanol–water partition coefficient (Wildman–Crippen LogP) is 2.91. The number of benzene rings is 1. The number of thioether (sulfide) groups is 1. The number of halogens is 1. The average molecular weight is 237 g/mol. The standard InChI is InChI=1S/C13H16FNS/c1-2-10-7-16-12-6-8-5-9(14)3-4-11(8)13(12)15-10/h3-5,10,12-13,15H,2,6-7H2,1H3. The van der Waals surface area contributed by atoms with Gasteiger partial charge in [-0.1, -0.05) is 13.0 Å². The zero-order valence-electron chi connectivity index (χ0n) is 9.37. The summed E-state index contributed by atoms with van der Waals surface area (Å²) in [5.41, 5.74) is 2.52. The summed E-state index contributed by atoms with van der Waals surface area (Å²) in [6.07, 6.45) is 2.19. The molecule has 3 atom stereocenters. The Hall–Kier alpha value is -0.540. The third kappa shape index (κ3) is 1.66. The van der Waals surface area contributed by atoms with E-state index >= 15 is 0 Å². The fourth-order valence-corrected chi connectivity index (χ4v) is 4.25. The molecule has 1 aromatic carbocycles. The Kier molecular flexibility index (Phi) is 2.68. The Balaban J connectivity index is 1.91. The van der Waals surface area contributed by atoms with Crippen molar-refractivity contribution in [3.63, 3.8) is 0 Å². The van der Waals surface area contributed by atoms with Crippen LogP contribution in [0.1, 0.15) is 30.5 Å². The summed E-state index contributed by atoms with van der Waals surface area (Å²) in [4.78, 5) is 0. The summed E-state index contributed by atoms with van der Waals surface area (Å²) in [6.45, 7) is 2.22. The van der Waals surface area contributed by atoms with Crippen molar-refractivity contribution >= 4 is 11.8 Å². The van der Waals surface area contributed by atoms with Crippen molar-refractivity contribution in [1.29, 1.82) is 0 Å². The topological polar surface area (TPSA) is 12.0 Å². The largest absolute Gasteiger partial charge is 0.305 e. The van der Waals surface area contributed by atoms with Gasteiger partial charge in [0, 0.05) is 23.1 Å². The highest BCUT2D eigenvalue weighted by Crippen LogP contribution is 2.42. The highest BCUT2D eigenvalue weighted by atomic mass is 32.2. The van der Waals surface area contributed by atoms with E-state index in [4.69, 9.17) is 0 Å². The van der Waals surface area contributed by atoms with E-state index in [1.807, 2.05) is 17.8 Å². The van der Waals surface area contributed by atoms with Crippen LogP contribution in [0.5, 0.6) is 0 Å². The van der Waals surface area contributed by atoms with E-state index in [1.165, 1.54) is 23.3 Å². The normalized spacial score (nSPS) is 32.2. The van der Waals surface area contributed by atoms with Gasteiger partial charge >= 0.3 is 0 Å². The first kappa shape index (κ1) is 10.6. The summed E-state index contributed by atoms with van der Waals surface area (Å²) >= 11 is 2.04. The molecule has 1 N–H and O–H groups in total. The SMILES string of the molecule is CCC1CSC2Cc3cc(F)ccc3C2N1. The minimum absolute atomic E-state index is 0.102. The fourth-order valence-electron chi connectivity index (χ4n) is 2.72. The summed E-state index contributed by atoms with van der Waals surface area (Å²) in [5.74, 6) is 1.09. The molecule has 3 heteroatoms. The van der Waals surface area contributed by atoms with Crippen LogP contribution < -0.4 is 5.32 Å². The Morgan fingerprint density at radius 2 is 2.38 bits per heavy atom. The van der Waals surface area contributed by atoms with Crippen molar-refractivity contribution in [2.24, 2.45) is 0 Å². The van der Waals surface area contributed by atoms with Crippen LogP contribution in [0.2, 0.25) is 0 Å². The molecule has 0 bridgehead atoms. The molecule has 1 saturated heterocycles. The molecule has 86 valence electrons. The number of hydrogen-bond acceptors (Lipinski definition) is 2. The quantitative estimate of drug-likeness (QED) is 0.806. The van der Waals surface area contributed by atoms with E-state index in [9.17, 15) is 4.39 Å². The molecular formula is C13H16FNS. The zero-order chi connectivity index (χ0) is 11.1. The minimum Gasteiger partial charge on any atom is -0.305 e. The summed E-state index contributed by atoms with van der Waals surface area (Å²) in [5, 5.41) is 4.31. The molecule has 2 aliphatic rings. The van der Waals surface area contributed by atoms with Crippen molar-refractivity contribution < 1.29 is 4.39 Å². The van der Waals surface area contributed by atoms with E-state index in [0.717, 1.165) is 6.42 Å². The second kappa shape index (κ2) is 4.04. The van der Waals surface area contributed by atoms with Crippen molar-refractivity contribution in [3.8, 4) is 0 Å². The van der Waals surface area contributed by atoms with E-state index in [2.05, 4.69) is 12.2 Å². The Labute approximate surface area is 99.8 Å². The van der Waals surface area contributed by atoms with Crippen molar-refractivity contribution in [2.75, 3.05) is 5.75 Å². The van der Waals surface area contributed by atoms with Gasteiger partial charge in [-0.15, -0.1) is 0 Å². The molecule has 0 amide bonds. The van der Waals surface area contributed by atoms with Gasteiger partial charge in [-0.25, -0.2) is 4.39 Å². The molecule has 1 heterocycles. The Bertz CT molecular complexity index is 407. The number of hydrogen-bond donors (Lipinski definition) is 1. The van der Waals surface area contributed by atoms with Gasteiger partial charge in [0.1, 0.15) is 5.82 Å². The maximum absolute atomic E-state index is 13.2. The lowest BCUT2D eigenvalue weighted by atomic mass is 10.1. The fraction of sp³-hybridized carbons (Fsp3) is 0.538. The van der Waals surface area contributed by atoms with Gasteiger partial charge in [-0.3, -0.25) is 0 Å². The molecule has 16 heavy (non-hydrogen) atoms. The lowest BCUT2D eigenvalue weighted by Crippen LogP contribution is -2.42. The van der Waals surface area contributed by atoms with Crippen molar-refractivity contribution in [2.45, 2.75) is 37.1 Å². The molecule has 0 saturated carbocycles. The van der Waals surface area contributed by atoms with Crippen LogP contribution in [0, 0.1) is 5.82 Å². The summed E-state index contributed by atoms with van der Waals surface area (Å²) < 4.78 is 13.2.